The van der Waals surface area contributed by atoms with E-state index in [1.807, 2.05) is 12.3 Å². The van der Waals surface area contributed by atoms with E-state index in [1.165, 1.54) is 17.5 Å². The normalized spacial score (nSPS) is 13.5. The fourth-order valence-electron chi connectivity index (χ4n) is 3.37. The average Bonchev–Trinajstić information content (AvgIpc) is 3.18. The number of thioether (sulfide) groups is 1. The van der Waals surface area contributed by atoms with E-state index in [-0.39, 0.29) is 11.8 Å². The lowest BCUT2D eigenvalue weighted by atomic mass is 10.1. The topological polar surface area (TPSA) is 67.4 Å². The van der Waals surface area contributed by atoms with Gasteiger partial charge in [0, 0.05) is 11.3 Å². The number of amides is 2. The summed E-state index contributed by atoms with van der Waals surface area (Å²) in [6.45, 7) is 0. The van der Waals surface area contributed by atoms with Crippen molar-refractivity contribution in [1.82, 2.24) is 5.32 Å². The van der Waals surface area contributed by atoms with Crippen molar-refractivity contribution in [1.29, 1.82) is 0 Å². The highest BCUT2D eigenvalue weighted by Crippen LogP contribution is 2.25. The predicted molar refractivity (Wildman–Crippen MR) is 114 cm³/mol. The van der Waals surface area contributed by atoms with Gasteiger partial charge in [-0.15, -0.1) is 0 Å². The van der Waals surface area contributed by atoms with Crippen LogP contribution in [0.4, 0.5) is 5.69 Å². The molecular formula is C22H26N2O3S. The molecule has 28 heavy (non-hydrogen) atoms. The lowest BCUT2D eigenvalue weighted by Crippen LogP contribution is -2.44. The van der Waals surface area contributed by atoms with Gasteiger partial charge in [0.25, 0.3) is 5.91 Å². The predicted octanol–water partition coefficient (Wildman–Crippen LogP) is 3.67. The van der Waals surface area contributed by atoms with E-state index in [4.69, 9.17) is 4.74 Å². The SMILES string of the molecule is COc1ccc(C(=O)N[C@H](CCSC)C(=O)Nc2ccc3c(c2)CCC3)cc1. The van der Waals surface area contributed by atoms with Gasteiger partial charge in [0.15, 0.2) is 0 Å². The van der Waals surface area contributed by atoms with Crippen LogP contribution in [0.3, 0.4) is 0 Å². The van der Waals surface area contributed by atoms with Crippen molar-refractivity contribution < 1.29 is 14.3 Å². The third kappa shape index (κ3) is 5.07. The van der Waals surface area contributed by atoms with E-state index in [2.05, 4.69) is 22.8 Å². The van der Waals surface area contributed by atoms with E-state index < -0.39 is 6.04 Å². The van der Waals surface area contributed by atoms with Crippen molar-refractivity contribution in [2.24, 2.45) is 0 Å². The summed E-state index contributed by atoms with van der Waals surface area (Å²) in [6.07, 6.45) is 5.89. The van der Waals surface area contributed by atoms with Gasteiger partial charge in [0.2, 0.25) is 5.91 Å². The van der Waals surface area contributed by atoms with E-state index >= 15 is 0 Å². The molecule has 148 valence electrons. The molecule has 1 atom stereocenters. The van der Waals surface area contributed by atoms with Crippen molar-refractivity contribution in [3.63, 3.8) is 0 Å². The lowest BCUT2D eigenvalue weighted by molar-refractivity contribution is -0.118. The third-order valence-electron chi connectivity index (χ3n) is 4.95. The van der Waals surface area contributed by atoms with Crippen LogP contribution in [-0.2, 0) is 17.6 Å². The maximum atomic E-state index is 12.8. The van der Waals surface area contributed by atoms with Crippen LogP contribution in [0.1, 0.15) is 34.3 Å². The summed E-state index contributed by atoms with van der Waals surface area (Å²) in [5.41, 5.74) is 3.96. The van der Waals surface area contributed by atoms with Crippen molar-refractivity contribution in [3.05, 3.63) is 59.2 Å². The molecule has 1 aliphatic rings. The molecule has 0 unspecified atom stereocenters. The Morgan fingerprint density at radius 2 is 1.86 bits per heavy atom. The summed E-state index contributed by atoms with van der Waals surface area (Å²) in [5, 5.41) is 5.85. The highest BCUT2D eigenvalue weighted by atomic mass is 32.2. The third-order valence-corrected chi connectivity index (χ3v) is 5.59. The van der Waals surface area contributed by atoms with E-state index in [0.29, 0.717) is 17.7 Å². The van der Waals surface area contributed by atoms with Gasteiger partial charge in [-0.25, -0.2) is 0 Å². The van der Waals surface area contributed by atoms with Crippen molar-refractivity contribution in [3.8, 4) is 5.75 Å². The molecule has 2 aromatic rings. The lowest BCUT2D eigenvalue weighted by Gasteiger charge is -2.19. The molecule has 2 N–H and O–H groups in total. The number of ether oxygens (including phenoxy) is 1. The molecule has 0 aromatic heterocycles. The first-order valence-corrected chi connectivity index (χ1v) is 10.9. The van der Waals surface area contributed by atoms with Gasteiger partial charge >= 0.3 is 0 Å². The molecule has 0 saturated carbocycles. The van der Waals surface area contributed by atoms with Gasteiger partial charge in [-0.1, -0.05) is 6.07 Å². The molecular weight excluding hydrogens is 372 g/mol. The maximum absolute atomic E-state index is 12.8. The zero-order valence-corrected chi connectivity index (χ0v) is 17.1. The van der Waals surface area contributed by atoms with Crippen molar-refractivity contribution in [2.45, 2.75) is 31.7 Å². The van der Waals surface area contributed by atoms with Crippen LogP contribution in [0.2, 0.25) is 0 Å². The fraction of sp³-hybridized carbons (Fsp3) is 0.364. The molecule has 0 bridgehead atoms. The molecule has 2 aromatic carbocycles. The first-order chi connectivity index (χ1) is 13.6. The zero-order chi connectivity index (χ0) is 19.9. The second-order valence-corrected chi connectivity index (χ2v) is 7.85. The summed E-state index contributed by atoms with van der Waals surface area (Å²) in [4.78, 5) is 25.4. The summed E-state index contributed by atoms with van der Waals surface area (Å²) in [5.74, 6) is 1.02. The van der Waals surface area contributed by atoms with E-state index in [0.717, 1.165) is 24.3 Å². The molecule has 3 rings (SSSR count). The van der Waals surface area contributed by atoms with Gasteiger partial charge in [-0.2, -0.15) is 11.8 Å². The number of hydrogen-bond donors (Lipinski definition) is 2. The van der Waals surface area contributed by atoms with Crippen LogP contribution in [-0.4, -0.2) is 37.0 Å². The molecule has 0 aliphatic heterocycles. The first-order valence-electron chi connectivity index (χ1n) is 9.47. The molecule has 0 fully saturated rings. The van der Waals surface area contributed by atoms with Crippen LogP contribution in [0.15, 0.2) is 42.5 Å². The minimum absolute atomic E-state index is 0.186. The molecule has 6 heteroatoms. The molecule has 0 radical (unpaired) electrons. The van der Waals surface area contributed by atoms with Crippen molar-refractivity contribution >= 4 is 29.3 Å². The summed E-state index contributed by atoms with van der Waals surface area (Å²) in [7, 11) is 1.58. The van der Waals surface area contributed by atoms with Crippen LogP contribution in [0, 0.1) is 0 Å². The Bertz CT molecular complexity index is 836. The van der Waals surface area contributed by atoms with Crippen LogP contribution in [0.5, 0.6) is 5.75 Å². The van der Waals surface area contributed by atoms with Crippen LogP contribution < -0.4 is 15.4 Å². The second-order valence-electron chi connectivity index (χ2n) is 6.86. The molecule has 5 nitrogen and oxygen atoms in total. The number of carbonyl (C=O) groups is 2. The van der Waals surface area contributed by atoms with Gasteiger partial charge in [0.1, 0.15) is 11.8 Å². The number of fused-ring (bicyclic) bond motifs is 1. The molecule has 1 aliphatic carbocycles. The number of nitrogens with one attached hydrogen (secondary N) is 2. The fourth-order valence-corrected chi connectivity index (χ4v) is 3.84. The standard InChI is InChI=1S/C22H26N2O3S/c1-27-19-10-7-16(8-11-19)21(25)24-20(12-13-28-2)22(26)23-18-9-6-15-4-3-5-17(15)14-18/h6-11,14,20H,3-5,12-13H2,1-2H3,(H,23,26)(H,24,25)/t20-/m1/s1. The minimum atomic E-state index is -0.588. The average molecular weight is 399 g/mol. The number of methoxy groups -OCH3 is 1. The highest BCUT2D eigenvalue weighted by Gasteiger charge is 2.22. The number of hydrogen-bond acceptors (Lipinski definition) is 4. The number of carbonyl (C=O) groups excluding carboxylic acids is 2. The first kappa shape index (κ1) is 20.3. The van der Waals surface area contributed by atoms with E-state index in [1.54, 1.807) is 43.1 Å². The largest absolute Gasteiger partial charge is 0.497 e. The number of benzene rings is 2. The monoisotopic (exact) mass is 398 g/mol. The Morgan fingerprint density at radius 3 is 2.57 bits per heavy atom. The summed E-state index contributed by atoms with van der Waals surface area (Å²) < 4.78 is 5.12. The Kier molecular flexibility index (Phi) is 6.98. The molecule has 0 saturated heterocycles. The second kappa shape index (κ2) is 9.64. The van der Waals surface area contributed by atoms with Gasteiger partial charge in [-0.05, 0) is 85.2 Å². The quantitative estimate of drug-likeness (QED) is 0.712. The van der Waals surface area contributed by atoms with Gasteiger partial charge < -0.3 is 15.4 Å². The molecule has 0 heterocycles. The maximum Gasteiger partial charge on any atom is 0.251 e. The van der Waals surface area contributed by atoms with Crippen molar-refractivity contribution in [2.75, 3.05) is 24.4 Å². The number of anilines is 1. The highest BCUT2D eigenvalue weighted by molar-refractivity contribution is 7.98. The van der Waals surface area contributed by atoms with Gasteiger partial charge in [0.05, 0.1) is 7.11 Å². The van der Waals surface area contributed by atoms with Gasteiger partial charge in [-0.3, -0.25) is 9.59 Å². The zero-order valence-electron chi connectivity index (χ0n) is 16.3. The number of aryl methyl sites for hydroxylation is 2. The Morgan fingerprint density at radius 1 is 1.11 bits per heavy atom. The molecule has 0 spiro atoms. The van der Waals surface area contributed by atoms with Crippen LogP contribution >= 0.6 is 11.8 Å². The minimum Gasteiger partial charge on any atom is -0.497 e. The summed E-state index contributed by atoms with van der Waals surface area (Å²) >= 11 is 1.65. The Labute approximate surface area is 170 Å². The number of rotatable bonds is 8. The smallest absolute Gasteiger partial charge is 0.251 e. The Hall–Kier alpha value is -2.47. The molecule has 2 amide bonds. The van der Waals surface area contributed by atoms with Crippen LogP contribution in [0.25, 0.3) is 0 Å². The summed E-state index contributed by atoms with van der Waals surface area (Å²) in [6, 6.07) is 12.3. The Balaban J connectivity index is 1.67. The van der Waals surface area contributed by atoms with E-state index in [9.17, 15) is 9.59 Å².